The molecule has 0 atom stereocenters. The summed E-state index contributed by atoms with van der Waals surface area (Å²) in [6.45, 7) is 6.79. The van der Waals surface area contributed by atoms with Crippen LogP contribution in [0, 0.1) is 0 Å². The number of thiazole rings is 1. The average Bonchev–Trinajstić information content (AvgIpc) is 3.03. The number of amides is 1. The Hall–Kier alpha value is -2.61. The molecule has 0 aliphatic heterocycles. The third-order valence-electron chi connectivity index (χ3n) is 3.21. The molecule has 1 N–H and O–H groups in total. The Kier molecular flexibility index (Phi) is 7.40. The monoisotopic (exact) mass is 378 g/mol. The number of carbonyl (C=O) groups excluding carboxylic acids is 2. The number of anilines is 1. The molecule has 140 valence electrons. The molecule has 2 rings (SSSR count). The van der Waals surface area contributed by atoms with Gasteiger partial charge in [-0.15, -0.1) is 11.3 Å². The summed E-state index contributed by atoms with van der Waals surface area (Å²) in [6, 6.07) is 5.00. The van der Waals surface area contributed by atoms with Gasteiger partial charge in [-0.25, -0.2) is 4.98 Å². The Morgan fingerprint density at radius 1 is 1.08 bits per heavy atom. The van der Waals surface area contributed by atoms with Gasteiger partial charge in [-0.3, -0.25) is 14.9 Å². The Labute approximate surface area is 156 Å². The number of rotatable bonds is 9. The number of carbonyl (C=O) groups is 2. The maximum absolute atomic E-state index is 12.4. The zero-order chi connectivity index (χ0) is 18.9. The Morgan fingerprint density at radius 3 is 2.50 bits per heavy atom. The molecule has 1 amide bonds. The van der Waals surface area contributed by atoms with Crippen LogP contribution < -0.4 is 14.8 Å². The van der Waals surface area contributed by atoms with E-state index in [0.717, 1.165) is 0 Å². The van der Waals surface area contributed by atoms with Gasteiger partial charge in [0.2, 0.25) is 0 Å². The Morgan fingerprint density at radius 2 is 1.81 bits per heavy atom. The highest BCUT2D eigenvalue weighted by Gasteiger charge is 2.14. The largest absolute Gasteiger partial charge is 0.490 e. The first-order valence-electron chi connectivity index (χ1n) is 8.38. The van der Waals surface area contributed by atoms with Crippen LogP contribution in [0.5, 0.6) is 11.5 Å². The van der Waals surface area contributed by atoms with Crippen molar-refractivity contribution in [2.45, 2.75) is 27.2 Å². The van der Waals surface area contributed by atoms with Crippen molar-refractivity contribution >= 4 is 28.3 Å². The van der Waals surface area contributed by atoms with E-state index in [-0.39, 0.29) is 18.3 Å². The van der Waals surface area contributed by atoms with E-state index in [1.54, 1.807) is 30.5 Å². The zero-order valence-corrected chi connectivity index (χ0v) is 15.9. The highest BCUT2D eigenvalue weighted by molar-refractivity contribution is 7.14. The van der Waals surface area contributed by atoms with E-state index < -0.39 is 0 Å². The highest BCUT2D eigenvalue weighted by atomic mass is 32.1. The summed E-state index contributed by atoms with van der Waals surface area (Å²) in [4.78, 5) is 28.2. The van der Waals surface area contributed by atoms with Crippen LogP contribution in [0.1, 0.15) is 36.8 Å². The fourth-order valence-electron chi connectivity index (χ4n) is 2.17. The Balaban J connectivity index is 2.06. The maximum atomic E-state index is 12.4. The van der Waals surface area contributed by atoms with E-state index in [4.69, 9.17) is 14.2 Å². The summed E-state index contributed by atoms with van der Waals surface area (Å²) in [6.07, 6.45) is 0.0811. The topological polar surface area (TPSA) is 86.8 Å². The van der Waals surface area contributed by atoms with Crippen molar-refractivity contribution in [2.24, 2.45) is 0 Å². The molecule has 0 saturated heterocycles. The third kappa shape index (κ3) is 5.45. The standard InChI is InChI=1S/C18H22N2O5S/c1-4-23-14-8-7-12(9-15(14)24-5-2)17(22)20-18-19-13(11-26-18)10-16(21)25-6-3/h7-9,11H,4-6,10H2,1-3H3,(H,19,20,22). The van der Waals surface area contributed by atoms with Crippen LogP contribution in [0.2, 0.25) is 0 Å². The molecule has 0 aliphatic rings. The summed E-state index contributed by atoms with van der Waals surface area (Å²) < 4.78 is 15.9. The van der Waals surface area contributed by atoms with E-state index in [1.165, 1.54) is 11.3 Å². The second-order valence-electron chi connectivity index (χ2n) is 5.11. The number of nitrogens with zero attached hydrogens (tertiary/aromatic N) is 1. The number of hydrogen-bond donors (Lipinski definition) is 1. The molecule has 0 aliphatic carbocycles. The van der Waals surface area contributed by atoms with Crippen LogP contribution in [0.4, 0.5) is 5.13 Å². The van der Waals surface area contributed by atoms with Crippen LogP contribution in [-0.4, -0.2) is 36.7 Å². The second-order valence-corrected chi connectivity index (χ2v) is 5.97. The SMILES string of the molecule is CCOC(=O)Cc1csc(NC(=O)c2ccc(OCC)c(OCC)c2)n1. The minimum atomic E-state index is -0.344. The summed E-state index contributed by atoms with van der Waals surface area (Å²) >= 11 is 1.25. The van der Waals surface area contributed by atoms with Crippen molar-refractivity contribution in [2.75, 3.05) is 25.1 Å². The van der Waals surface area contributed by atoms with Crippen LogP contribution in [-0.2, 0) is 16.0 Å². The molecule has 7 nitrogen and oxygen atoms in total. The fourth-order valence-corrected chi connectivity index (χ4v) is 2.87. The molecule has 1 heterocycles. The maximum Gasteiger partial charge on any atom is 0.311 e. The van der Waals surface area contributed by atoms with Crippen LogP contribution in [0.15, 0.2) is 23.6 Å². The summed E-state index contributed by atoms with van der Waals surface area (Å²) in [5, 5.41) is 4.86. The molecule has 0 saturated carbocycles. The predicted octanol–water partition coefficient (Wildman–Crippen LogP) is 3.30. The van der Waals surface area contributed by atoms with Crippen molar-refractivity contribution in [3.63, 3.8) is 0 Å². The first kappa shape index (κ1) is 19.7. The van der Waals surface area contributed by atoms with Crippen molar-refractivity contribution in [1.29, 1.82) is 0 Å². The van der Waals surface area contributed by atoms with E-state index in [0.29, 0.717) is 47.7 Å². The van der Waals surface area contributed by atoms with Crippen LogP contribution in [0.25, 0.3) is 0 Å². The smallest absolute Gasteiger partial charge is 0.311 e. The van der Waals surface area contributed by atoms with Crippen molar-refractivity contribution in [1.82, 2.24) is 4.98 Å². The van der Waals surface area contributed by atoms with E-state index in [2.05, 4.69) is 10.3 Å². The van der Waals surface area contributed by atoms with Gasteiger partial charge in [0.05, 0.1) is 31.9 Å². The lowest BCUT2D eigenvalue weighted by molar-refractivity contribution is -0.142. The van der Waals surface area contributed by atoms with Crippen molar-refractivity contribution < 1.29 is 23.8 Å². The fraction of sp³-hybridized carbons (Fsp3) is 0.389. The number of benzene rings is 1. The van der Waals surface area contributed by atoms with E-state index in [1.807, 2.05) is 13.8 Å². The lowest BCUT2D eigenvalue weighted by Crippen LogP contribution is -2.13. The lowest BCUT2D eigenvalue weighted by Gasteiger charge is -2.12. The van der Waals surface area contributed by atoms with Gasteiger partial charge in [0, 0.05) is 10.9 Å². The van der Waals surface area contributed by atoms with Gasteiger partial charge in [0.25, 0.3) is 5.91 Å². The second kappa shape index (κ2) is 9.76. The molecule has 1 aromatic carbocycles. The highest BCUT2D eigenvalue weighted by Crippen LogP contribution is 2.29. The van der Waals surface area contributed by atoms with Gasteiger partial charge in [-0.2, -0.15) is 0 Å². The quantitative estimate of drug-likeness (QED) is 0.674. The van der Waals surface area contributed by atoms with E-state index in [9.17, 15) is 9.59 Å². The van der Waals surface area contributed by atoms with Gasteiger partial charge in [-0.1, -0.05) is 0 Å². The third-order valence-corrected chi connectivity index (χ3v) is 4.02. The minimum Gasteiger partial charge on any atom is -0.490 e. The molecule has 8 heteroatoms. The average molecular weight is 378 g/mol. The van der Waals surface area contributed by atoms with E-state index >= 15 is 0 Å². The molecular formula is C18H22N2O5S. The molecule has 0 fully saturated rings. The van der Waals surface area contributed by atoms with Crippen molar-refractivity contribution in [3.05, 3.63) is 34.8 Å². The number of nitrogens with one attached hydrogen (secondary N) is 1. The first-order valence-corrected chi connectivity index (χ1v) is 9.26. The number of hydrogen-bond acceptors (Lipinski definition) is 7. The molecule has 26 heavy (non-hydrogen) atoms. The molecule has 1 aromatic heterocycles. The molecule has 0 spiro atoms. The zero-order valence-electron chi connectivity index (χ0n) is 15.0. The van der Waals surface area contributed by atoms with Gasteiger partial charge in [0.1, 0.15) is 0 Å². The molecule has 0 bridgehead atoms. The summed E-state index contributed by atoms with van der Waals surface area (Å²) in [5.41, 5.74) is 0.990. The number of esters is 1. The van der Waals surface area contributed by atoms with Gasteiger partial charge < -0.3 is 14.2 Å². The summed E-state index contributed by atoms with van der Waals surface area (Å²) in [5.74, 6) is 0.454. The molecule has 2 aromatic rings. The predicted molar refractivity (Wildman–Crippen MR) is 99.2 cm³/mol. The van der Waals surface area contributed by atoms with Gasteiger partial charge >= 0.3 is 5.97 Å². The van der Waals surface area contributed by atoms with Crippen LogP contribution in [0.3, 0.4) is 0 Å². The lowest BCUT2D eigenvalue weighted by atomic mass is 10.2. The van der Waals surface area contributed by atoms with Gasteiger partial charge in [-0.05, 0) is 39.0 Å². The van der Waals surface area contributed by atoms with Gasteiger partial charge in [0.15, 0.2) is 16.6 Å². The number of ether oxygens (including phenoxy) is 3. The number of aromatic nitrogens is 1. The summed E-state index contributed by atoms with van der Waals surface area (Å²) in [7, 11) is 0. The minimum absolute atomic E-state index is 0.0811. The van der Waals surface area contributed by atoms with Crippen molar-refractivity contribution in [3.8, 4) is 11.5 Å². The van der Waals surface area contributed by atoms with Crippen LogP contribution >= 0.6 is 11.3 Å². The molecule has 0 radical (unpaired) electrons. The molecule has 0 unspecified atom stereocenters. The first-order chi connectivity index (χ1) is 12.6. The molecular weight excluding hydrogens is 356 g/mol. The Bertz CT molecular complexity index is 760. The normalized spacial score (nSPS) is 10.3.